The molecule has 0 amide bonds. The maximum atomic E-state index is 12.3. The monoisotopic (exact) mass is 532 g/mol. The third-order valence-corrected chi connectivity index (χ3v) is 5.70. The summed E-state index contributed by atoms with van der Waals surface area (Å²) >= 11 is 0. The summed E-state index contributed by atoms with van der Waals surface area (Å²) in [6.07, 6.45) is 3.44. The minimum atomic E-state index is -0.988. The normalized spacial score (nSPS) is 11.5. The van der Waals surface area contributed by atoms with Crippen molar-refractivity contribution in [3.63, 3.8) is 0 Å². The number of carbonyl (C=O) groups excluding carboxylic acids is 1. The first-order valence-electron chi connectivity index (χ1n) is 13.2. The van der Waals surface area contributed by atoms with Crippen molar-refractivity contribution in [2.75, 3.05) is 38.2 Å². The van der Waals surface area contributed by atoms with Gasteiger partial charge in [-0.2, -0.15) is 0 Å². The Morgan fingerprint density at radius 3 is 2.23 bits per heavy atom. The lowest BCUT2D eigenvalue weighted by molar-refractivity contribution is -0.139. The van der Waals surface area contributed by atoms with Gasteiger partial charge in [-0.05, 0) is 49.8 Å². The standard InChI is InChI=1S/C27H29N3O4.C4H11N/c1-20(18-25(31)22-8-4-3-5-9-22)29-24(27(32)33)19-21-11-13-23(14-12-21)34-17-16-30(2)26-10-6-7-15-28-26;1-3-5-4-2/h3-15,18,24,29H,16-17,19H2,1-2H3,(H,32,33);5H,3-4H2,1-2H3/b20-18-;/t24-;/m0./s1. The number of rotatable bonds is 14. The topological polar surface area (TPSA) is 104 Å². The molecular weight excluding hydrogens is 492 g/mol. The van der Waals surface area contributed by atoms with Crippen LogP contribution >= 0.6 is 0 Å². The molecule has 0 aliphatic carbocycles. The van der Waals surface area contributed by atoms with Crippen LogP contribution in [0.4, 0.5) is 5.82 Å². The van der Waals surface area contributed by atoms with Gasteiger partial charge >= 0.3 is 5.97 Å². The molecule has 0 bridgehead atoms. The van der Waals surface area contributed by atoms with Gasteiger partial charge < -0.3 is 25.4 Å². The number of likely N-dealkylation sites (N-methyl/N-ethyl adjacent to an activating group) is 1. The van der Waals surface area contributed by atoms with Gasteiger partial charge in [-0.3, -0.25) is 4.79 Å². The molecule has 0 spiro atoms. The van der Waals surface area contributed by atoms with E-state index >= 15 is 0 Å². The van der Waals surface area contributed by atoms with E-state index in [0.717, 1.165) is 24.5 Å². The fraction of sp³-hybridized carbons (Fsp3) is 0.323. The number of aromatic nitrogens is 1. The van der Waals surface area contributed by atoms with Crippen molar-refractivity contribution in [3.8, 4) is 5.75 Å². The minimum Gasteiger partial charge on any atom is -0.492 e. The zero-order valence-corrected chi connectivity index (χ0v) is 23.3. The van der Waals surface area contributed by atoms with Crippen molar-refractivity contribution in [1.29, 1.82) is 0 Å². The van der Waals surface area contributed by atoms with Crippen molar-refractivity contribution in [1.82, 2.24) is 15.6 Å². The smallest absolute Gasteiger partial charge is 0.326 e. The fourth-order valence-electron chi connectivity index (χ4n) is 3.60. The number of carbonyl (C=O) groups is 2. The molecule has 0 unspecified atom stereocenters. The molecule has 3 aromatic rings. The van der Waals surface area contributed by atoms with E-state index in [0.29, 0.717) is 30.2 Å². The Hall–Kier alpha value is -4.17. The lowest BCUT2D eigenvalue weighted by Gasteiger charge is -2.18. The Bertz CT molecular complexity index is 1150. The van der Waals surface area contributed by atoms with Crippen molar-refractivity contribution in [2.24, 2.45) is 0 Å². The maximum Gasteiger partial charge on any atom is 0.326 e. The third-order valence-electron chi connectivity index (χ3n) is 5.70. The molecule has 2 aromatic carbocycles. The predicted molar refractivity (Wildman–Crippen MR) is 156 cm³/mol. The average molecular weight is 533 g/mol. The molecule has 0 aliphatic heterocycles. The number of carboxylic acids is 1. The molecule has 8 heteroatoms. The molecule has 3 N–H and O–H groups in total. The quantitative estimate of drug-likeness (QED) is 0.205. The van der Waals surface area contributed by atoms with Crippen LogP contribution in [0.15, 0.2) is 90.8 Å². The van der Waals surface area contributed by atoms with Gasteiger partial charge in [0, 0.05) is 37.0 Å². The Labute approximate surface area is 231 Å². The third kappa shape index (κ3) is 11.8. The van der Waals surface area contributed by atoms with E-state index in [1.807, 2.05) is 60.5 Å². The van der Waals surface area contributed by atoms with Crippen LogP contribution in [0, 0.1) is 0 Å². The molecule has 1 heterocycles. The van der Waals surface area contributed by atoms with Gasteiger partial charge in [-0.25, -0.2) is 9.78 Å². The number of nitrogens with one attached hydrogen (secondary N) is 2. The van der Waals surface area contributed by atoms with Gasteiger partial charge in [0.1, 0.15) is 24.2 Å². The van der Waals surface area contributed by atoms with Crippen LogP contribution in [0.3, 0.4) is 0 Å². The Morgan fingerprint density at radius 2 is 1.67 bits per heavy atom. The van der Waals surface area contributed by atoms with E-state index < -0.39 is 12.0 Å². The molecule has 208 valence electrons. The Morgan fingerprint density at radius 1 is 1.00 bits per heavy atom. The van der Waals surface area contributed by atoms with E-state index in [1.165, 1.54) is 6.08 Å². The number of hydrogen-bond donors (Lipinski definition) is 3. The van der Waals surface area contributed by atoms with E-state index in [-0.39, 0.29) is 12.2 Å². The van der Waals surface area contributed by atoms with E-state index in [4.69, 9.17) is 4.74 Å². The van der Waals surface area contributed by atoms with Crippen LogP contribution in [-0.2, 0) is 11.2 Å². The van der Waals surface area contributed by atoms with Crippen molar-refractivity contribution in [3.05, 3.63) is 102 Å². The van der Waals surface area contributed by atoms with Gasteiger partial charge in [0.2, 0.25) is 0 Å². The second-order valence-corrected chi connectivity index (χ2v) is 8.86. The van der Waals surface area contributed by atoms with Crippen molar-refractivity contribution in [2.45, 2.75) is 33.2 Å². The largest absolute Gasteiger partial charge is 0.492 e. The van der Waals surface area contributed by atoms with Crippen LogP contribution in [0.5, 0.6) is 5.75 Å². The molecule has 3 rings (SSSR count). The second-order valence-electron chi connectivity index (χ2n) is 8.86. The summed E-state index contributed by atoms with van der Waals surface area (Å²) in [6, 6.07) is 21.1. The highest BCUT2D eigenvalue weighted by atomic mass is 16.5. The average Bonchev–Trinajstić information content (AvgIpc) is 2.95. The van der Waals surface area contributed by atoms with Gasteiger partial charge in [0.15, 0.2) is 5.78 Å². The highest BCUT2D eigenvalue weighted by Crippen LogP contribution is 2.15. The number of ketones is 1. The van der Waals surface area contributed by atoms with Crippen LogP contribution in [0.2, 0.25) is 0 Å². The summed E-state index contributed by atoms with van der Waals surface area (Å²) < 4.78 is 5.81. The van der Waals surface area contributed by atoms with Gasteiger partial charge in [-0.1, -0.05) is 62.4 Å². The first kappa shape index (κ1) is 31.1. The number of hydrogen-bond acceptors (Lipinski definition) is 7. The highest BCUT2D eigenvalue weighted by Gasteiger charge is 2.18. The van der Waals surface area contributed by atoms with Crippen LogP contribution in [0.1, 0.15) is 36.7 Å². The summed E-state index contributed by atoms with van der Waals surface area (Å²) in [7, 11) is 1.96. The Balaban J connectivity index is 0.000000976. The summed E-state index contributed by atoms with van der Waals surface area (Å²) in [4.78, 5) is 30.4. The molecule has 0 radical (unpaired) electrons. The summed E-state index contributed by atoms with van der Waals surface area (Å²) in [5.74, 6) is 0.425. The zero-order valence-electron chi connectivity index (χ0n) is 23.3. The van der Waals surface area contributed by atoms with Gasteiger partial charge in [0.25, 0.3) is 0 Å². The number of nitrogens with zero attached hydrogens (tertiary/aromatic N) is 2. The molecule has 0 fully saturated rings. The maximum absolute atomic E-state index is 12.3. The molecule has 0 aliphatic rings. The number of ether oxygens (including phenoxy) is 1. The molecule has 39 heavy (non-hydrogen) atoms. The van der Waals surface area contributed by atoms with Crippen LogP contribution < -0.4 is 20.3 Å². The lowest BCUT2D eigenvalue weighted by Crippen LogP contribution is -2.37. The summed E-state index contributed by atoms with van der Waals surface area (Å²) in [5, 5.41) is 15.7. The fourth-order valence-corrected chi connectivity index (χ4v) is 3.60. The van der Waals surface area contributed by atoms with Crippen LogP contribution in [-0.4, -0.2) is 61.2 Å². The van der Waals surface area contributed by atoms with E-state index in [2.05, 4.69) is 29.5 Å². The molecule has 1 atom stereocenters. The van der Waals surface area contributed by atoms with Crippen molar-refractivity contribution < 1.29 is 19.4 Å². The number of carboxylic acid groups (broad SMARTS) is 1. The number of aliphatic carboxylic acids is 1. The SMILES string of the molecule is C/C(=C/C(=O)c1ccccc1)N[C@@H](Cc1ccc(OCCN(C)c2ccccn2)cc1)C(=O)O.CCNCC. The molecule has 8 nitrogen and oxygen atoms in total. The van der Waals surface area contributed by atoms with Gasteiger partial charge in [-0.15, -0.1) is 0 Å². The van der Waals surface area contributed by atoms with Crippen molar-refractivity contribution >= 4 is 17.6 Å². The minimum absolute atomic E-state index is 0.176. The molecule has 1 aromatic heterocycles. The number of pyridine rings is 1. The molecular formula is C31H40N4O4. The van der Waals surface area contributed by atoms with E-state index in [1.54, 1.807) is 37.4 Å². The molecule has 0 saturated carbocycles. The highest BCUT2D eigenvalue weighted by molar-refractivity contribution is 6.04. The number of allylic oxidation sites excluding steroid dienone is 2. The number of anilines is 1. The summed E-state index contributed by atoms with van der Waals surface area (Å²) in [6.45, 7) is 9.25. The first-order chi connectivity index (χ1) is 18.8. The molecule has 0 saturated heterocycles. The number of benzene rings is 2. The van der Waals surface area contributed by atoms with Crippen LogP contribution in [0.25, 0.3) is 0 Å². The van der Waals surface area contributed by atoms with Gasteiger partial charge in [0.05, 0.1) is 6.54 Å². The summed E-state index contributed by atoms with van der Waals surface area (Å²) in [5.41, 5.74) is 1.90. The second kappa shape index (κ2) is 17.4. The first-order valence-corrected chi connectivity index (χ1v) is 13.2. The zero-order chi connectivity index (χ0) is 28.5. The van der Waals surface area contributed by atoms with E-state index in [9.17, 15) is 14.7 Å². The lowest BCUT2D eigenvalue weighted by atomic mass is 10.1. The predicted octanol–water partition coefficient (Wildman–Crippen LogP) is 4.58. The Kier molecular flexibility index (Phi) is 13.8.